The standard InChI is InChI=1S/C21H13NO2S/c23-19-15-9-5-4-8-14(15)18-17(19)20-16(10-11-25-20)21(24)22(18)12-13-6-2-1-3-7-13/h1-11H,12H2. The zero-order chi connectivity index (χ0) is 17.0. The van der Waals surface area contributed by atoms with E-state index in [0.717, 1.165) is 21.5 Å². The highest BCUT2D eigenvalue weighted by Crippen LogP contribution is 2.40. The lowest BCUT2D eigenvalue weighted by Gasteiger charge is -2.13. The molecule has 0 unspecified atom stereocenters. The molecule has 0 amide bonds. The van der Waals surface area contributed by atoms with E-state index in [1.807, 2.05) is 66.0 Å². The number of aromatic nitrogens is 1. The van der Waals surface area contributed by atoms with E-state index in [2.05, 4.69) is 0 Å². The summed E-state index contributed by atoms with van der Waals surface area (Å²) >= 11 is 1.46. The van der Waals surface area contributed by atoms with E-state index in [0.29, 0.717) is 23.1 Å². The number of ketones is 1. The number of pyridine rings is 1. The molecule has 2 heterocycles. The molecule has 25 heavy (non-hydrogen) atoms. The van der Waals surface area contributed by atoms with Gasteiger partial charge in [-0.2, -0.15) is 0 Å². The summed E-state index contributed by atoms with van der Waals surface area (Å²) in [5, 5.41) is 2.51. The molecule has 0 bridgehead atoms. The molecule has 2 aromatic heterocycles. The van der Waals surface area contributed by atoms with Crippen molar-refractivity contribution >= 4 is 27.2 Å². The second-order valence-corrected chi connectivity index (χ2v) is 7.05. The van der Waals surface area contributed by atoms with Crippen LogP contribution < -0.4 is 5.56 Å². The van der Waals surface area contributed by atoms with Crippen molar-refractivity contribution < 1.29 is 4.79 Å². The van der Waals surface area contributed by atoms with E-state index in [1.54, 1.807) is 4.57 Å². The first-order chi connectivity index (χ1) is 12.3. The predicted octanol–water partition coefficient (Wildman–Crippen LogP) is 4.32. The van der Waals surface area contributed by atoms with Gasteiger partial charge in [-0.1, -0.05) is 54.6 Å². The van der Waals surface area contributed by atoms with Gasteiger partial charge in [-0.15, -0.1) is 11.3 Å². The van der Waals surface area contributed by atoms with Crippen molar-refractivity contribution in [2.24, 2.45) is 0 Å². The van der Waals surface area contributed by atoms with Gasteiger partial charge in [0.1, 0.15) is 0 Å². The minimum Gasteiger partial charge on any atom is -0.302 e. The molecule has 4 heteroatoms. The van der Waals surface area contributed by atoms with Crippen LogP contribution >= 0.6 is 11.3 Å². The predicted molar refractivity (Wildman–Crippen MR) is 100 cm³/mol. The monoisotopic (exact) mass is 343 g/mol. The molecule has 5 rings (SSSR count). The third kappa shape index (κ3) is 1.98. The second kappa shape index (κ2) is 5.26. The van der Waals surface area contributed by atoms with Gasteiger partial charge in [0.05, 0.1) is 27.9 Å². The van der Waals surface area contributed by atoms with Gasteiger partial charge in [-0.05, 0) is 17.0 Å². The van der Waals surface area contributed by atoms with Crippen LogP contribution in [-0.4, -0.2) is 10.4 Å². The fourth-order valence-electron chi connectivity index (χ4n) is 3.59. The average Bonchev–Trinajstić information content (AvgIpc) is 3.23. The summed E-state index contributed by atoms with van der Waals surface area (Å²) in [6.45, 7) is 0.454. The first kappa shape index (κ1) is 14.4. The van der Waals surface area contributed by atoms with Crippen molar-refractivity contribution in [2.75, 3.05) is 0 Å². The maximum Gasteiger partial charge on any atom is 0.260 e. The molecule has 0 spiro atoms. The van der Waals surface area contributed by atoms with Gasteiger partial charge in [-0.25, -0.2) is 0 Å². The molecule has 1 aliphatic rings. The molecule has 0 saturated heterocycles. The van der Waals surface area contributed by atoms with Crippen LogP contribution in [-0.2, 0) is 6.54 Å². The molecule has 0 aliphatic heterocycles. The lowest BCUT2D eigenvalue weighted by Crippen LogP contribution is -2.23. The Hall–Kier alpha value is -2.98. The summed E-state index contributed by atoms with van der Waals surface area (Å²) in [6.07, 6.45) is 0. The Kier molecular flexibility index (Phi) is 3.02. The van der Waals surface area contributed by atoms with Crippen molar-refractivity contribution in [3.05, 3.63) is 93.1 Å². The van der Waals surface area contributed by atoms with Crippen molar-refractivity contribution in [2.45, 2.75) is 6.54 Å². The number of carbonyl (C=O) groups excluding carboxylic acids is 1. The molecule has 0 N–H and O–H groups in total. The van der Waals surface area contributed by atoms with Gasteiger partial charge in [0.2, 0.25) is 0 Å². The Morgan fingerprint density at radius 2 is 1.56 bits per heavy atom. The number of thiophene rings is 1. The highest BCUT2D eigenvalue weighted by Gasteiger charge is 2.32. The number of nitrogens with zero attached hydrogens (tertiary/aromatic N) is 1. The summed E-state index contributed by atoms with van der Waals surface area (Å²) in [4.78, 5) is 26.1. The third-order valence-electron chi connectivity index (χ3n) is 4.71. The molecule has 0 radical (unpaired) electrons. The van der Waals surface area contributed by atoms with E-state index in [-0.39, 0.29) is 11.3 Å². The average molecular weight is 343 g/mol. The van der Waals surface area contributed by atoms with Gasteiger partial charge in [0, 0.05) is 11.1 Å². The Balaban J connectivity index is 1.89. The van der Waals surface area contributed by atoms with Crippen LogP contribution in [0.2, 0.25) is 0 Å². The molecule has 3 nitrogen and oxygen atoms in total. The van der Waals surface area contributed by atoms with Crippen LogP contribution in [0.25, 0.3) is 21.3 Å². The molecule has 0 fully saturated rings. The lowest BCUT2D eigenvalue weighted by atomic mass is 10.1. The first-order valence-corrected chi connectivity index (χ1v) is 8.95. The number of fused-ring (bicyclic) bond motifs is 5. The van der Waals surface area contributed by atoms with Crippen LogP contribution in [0.4, 0.5) is 0 Å². The van der Waals surface area contributed by atoms with Crippen molar-refractivity contribution in [3.63, 3.8) is 0 Å². The molecular formula is C21H13NO2S. The molecule has 0 saturated carbocycles. The van der Waals surface area contributed by atoms with Gasteiger partial charge in [0.25, 0.3) is 5.56 Å². The van der Waals surface area contributed by atoms with E-state index in [4.69, 9.17) is 0 Å². The Bertz CT molecular complexity index is 1200. The van der Waals surface area contributed by atoms with Gasteiger partial charge >= 0.3 is 0 Å². The van der Waals surface area contributed by atoms with E-state index < -0.39 is 0 Å². The van der Waals surface area contributed by atoms with E-state index >= 15 is 0 Å². The second-order valence-electron chi connectivity index (χ2n) is 6.14. The number of rotatable bonds is 2. The van der Waals surface area contributed by atoms with Crippen molar-refractivity contribution in [1.29, 1.82) is 0 Å². The number of carbonyl (C=O) groups is 1. The fourth-order valence-corrected chi connectivity index (χ4v) is 4.52. The maximum absolute atomic E-state index is 13.1. The molecule has 1 aliphatic carbocycles. The summed E-state index contributed by atoms with van der Waals surface area (Å²) < 4.78 is 2.55. The van der Waals surface area contributed by atoms with E-state index in [1.165, 1.54) is 11.3 Å². The third-order valence-corrected chi connectivity index (χ3v) is 5.64. The highest BCUT2D eigenvalue weighted by atomic mass is 32.1. The quantitative estimate of drug-likeness (QED) is 0.479. The molecule has 0 atom stereocenters. The Labute approximate surface area is 147 Å². The molecule has 2 aromatic carbocycles. The van der Waals surface area contributed by atoms with Crippen LogP contribution in [0.3, 0.4) is 0 Å². The SMILES string of the molecule is O=C1c2ccccc2-c2c1c1sccc1c(=O)n2Cc1ccccc1. The summed E-state index contributed by atoms with van der Waals surface area (Å²) in [6, 6.07) is 19.3. The lowest BCUT2D eigenvalue weighted by molar-refractivity contribution is 0.104. The smallest absolute Gasteiger partial charge is 0.260 e. The Morgan fingerprint density at radius 3 is 2.36 bits per heavy atom. The summed E-state index contributed by atoms with van der Waals surface area (Å²) in [5.41, 5.74) is 3.96. The zero-order valence-electron chi connectivity index (χ0n) is 13.2. The maximum atomic E-state index is 13.1. The minimum absolute atomic E-state index is 0.0138. The van der Waals surface area contributed by atoms with Crippen LogP contribution in [0, 0.1) is 0 Å². The minimum atomic E-state index is -0.0386. The van der Waals surface area contributed by atoms with Crippen LogP contribution in [0.5, 0.6) is 0 Å². The van der Waals surface area contributed by atoms with Crippen molar-refractivity contribution in [1.82, 2.24) is 4.57 Å². The van der Waals surface area contributed by atoms with Gasteiger partial charge in [0.15, 0.2) is 5.78 Å². The highest BCUT2D eigenvalue weighted by molar-refractivity contribution is 7.17. The van der Waals surface area contributed by atoms with Crippen LogP contribution in [0.15, 0.2) is 70.8 Å². The number of hydrogen-bond acceptors (Lipinski definition) is 3. The number of hydrogen-bond donors (Lipinski definition) is 0. The zero-order valence-corrected chi connectivity index (χ0v) is 14.0. The topological polar surface area (TPSA) is 39.1 Å². The normalized spacial score (nSPS) is 12.4. The van der Waals surface area contributed by atoms with Gasteiger partial charge < -0.3 is 4.57 Å². The number of benzene rings is 2. The van der Waals surface area contributed by atoms with E-state index in [9.17, 15) is 9.59 Å². The first-order valence-electron chi connectivity index (χ1n) is 8.08. The summed E-state index contributed by atoms with van der Waals surface area (Å²) in [5.74, 6) is 0.0138. The Morgan fingerprint density at radius 1 is 0.840 bits per heavy atom. The molecule has 4 aromatic rings. The fraction of sp³-hybridized carbons (Fsp3) is 0.0476. The molecular weight excluding hydrogens is 330 g/mol. The molecule has 120 valence electrons. The van der Waals surface area contributed by atoms with Gasteiger partial charge in [-0.3, -0.25) is 9.59 Å². The largest absolute Gasteiger partial charge is 0.302 e. The summed E-state index contributed by atoms with van der Waals surface area (Å²) in [7, 11) is 0. The van der Waals surface area contributed by atoms with Crippen molar-refractivity contribution in [3.8, 4) is 11.3 Å². The van der Waals surface area contributed by atoms with Crippen LogP contribution in [0.1, 0.15) is 21.5 Å².